The summed E-state index contributed by atoms with van der Waals surface area (Å²) in [6.07, 6.45) is 4.56. The van der Waals surface area contributed by atoms with Crippen LogP contribution < -0.4 is 4.72 Å². The molecule has 0 aliphatic heterocycles. The van der Waals surface area contributed by atoms with Crippen molar-refractivity contribution >= 4 is 10.0 Å². The summed E-state index contributed by atoms with van der Waals surface area (Å²) >= 11 is 0. The predicted molar refractivity (Wildman–Crippen MR) is 93.9 cm³/mol. The first-order chi connectivity index (χ1) is 13.0. The molecule has 0 saturated heterocycles. The highest BCUT2D eigenvalue weighted by atomic mass is 32.2. The molecule has 4 rings (SSSR count). The first-order valence-corrected chi connectivity index (χ1v) is 10.1. The van der Waals surface area contributed by atoms with Gasteiger partial charge in [0.1, 0.15) is 12.1 Å². The molecule has 1 aromatic carbocycles. The van der Waals surface area contributed by atoms with Gasteiger partial charge >= 0.3 is 0 Å². The zero-order chi connectivity index (χ0) is 19.1. The molecule has 0 radical (unpaired) electrons. The maximum Gasteiger partial charge on any atom is 0.273 e. The molecule has 9 heteroatoms. The quantitative estimate of drug-likeness (QED) is 0.717. The normalized spacial score (nSPS) is 16.7. The molecule has 0 atom stereocenters. The highest BCUT2D eigenvalue weighted by Crippen LogP contribution is 2.46. The SMILES string of the molecule is CNS(=O)(=O)c1cc(-c2nc(C3(c4ccccc4F)CCCC3)no2)co1. The van der Waals surface area contributed by atoms with E-state index in [2.05, 4.69) is 14.9 Å². The summed E-state index contributed by atoms with van der Waals surface area (Å²) in [5.41, 5.74) is 0.265. The molecule has 2 heterocycles. The number of nitrogens with one attached hydrogen (secondary N) is 1. The van der Waals surface area contributed by atoms with E-state index in [9.17, 15) is 12.8 Å². The van der Waals surface area contributed by atoms with Gasteiger partial charge in [0, 0.05) is 11.6 Å². The summed E-state index contributed by atoms with van der Waals surface area (Å²) in [6, 6.07) is 7.95. The lowest BCUT2D eigenvalue weighted by molar-refractivity contribution is 0.389. The van der Waals surface area contributed by atoms with Gasteiger partial charge in [-0.15, -0.1) is 0 Å². The van der Waals surface area contributed by atoms with Crippen LogP contribution in [-0.4, -0.2) is 25.6 Å². The highest BCUT2D eigenvalue weighted by Gasteiger charge is 2.43. The van der Waals surface area contributed by atoms with E-state index in [0.29, 0.717) is 17.0 Å². The van der Waals surface area contributed by atoms with Crippen molar-refractivity contribution in [2.24, 2.45) is 0 Å². The summed E-state index contributed by atoms with van der Waals surface area (Å²) in [7, 11) is -2.42. The van der Waals surface area contributed by atoms with Crippen molar-refractivity contribution < 1.29 is 21.7 Å². The maximum atomic E-state index is 14.5. The summed E-state index contributed by atoms with van der Waals surface area (Å²) < 4.78 is 50.8. The largest absolute Gasteiger partial charge is 0.451 e. The number of rotatable bonds is 5. The number of furan rings is 1. The lowest BCUT2D eigenvalue weighted by Crippen LogP contribution is -2.26. The fourth-order valence-electron chi connectivity index (χ4n) is 3.65. The van der Waals surface area contributed by atoms with Gasteiger partial charge in [-0.3, -0.25) is 0 Å². The molecular formula is C18H18FN3O4S. The second-order valence-corrected chi connectivity index (χ2v) is 8.37. The Hall–Kier alpha value is -2.52. The molecule has 3 aromatic rings. The summed E-state index contributed by atoms with van der Waals surface area (Å²) in [4.78, 5) is 4.45. The molecule has 1 N–H and O–H groups in total. The fraction of sp³-hybridized carbons (Fsp3) is 0.333. The molecule has 142 valence electrons. The minimum Gasteiger partial charge on any atom is -0.451 e. The van der Waals surface area contributed by atoms with Crippen LogP contribution in [0.5, 0.6) is 0 Å². The summed E-state index contributed by atoms with van der Waals surface area (Å²) in [5, 5.41) is 3.85. The molecule has 7 nitrogen and oxygen atoms in total. The number of aromatic nitrogens is 2. The molecule has 0 unspecified atom stereocenters. The van der Waals surface area contributed by atoms with Gasteiger partial charge in [0.15, 0.2) is 5.82 Å². The zero-order valence-corrected chi connectivity index (χ0v) is 15.4. The van der Waals surface area contributed by atoms with Crippen LogP contribution in [0.25, 0.3) is 11.5 Å². The van der Waals surface area contributed by atoms with E-state index in [0.717, 1.165) is 25.7 Å². The average Bonchev–Trinajstić information content (AvgIpc) is 3.40. The number of hydrogen-bond acceptors (Lipinski definition) is 6. The monoisotopic (exact) mass is 391 g/mol. The van der Waals surface area contributed by atoms with Crippen LogP contribution in [0.4, 0.5) is 4.39 Å². The van der Waals surface area contributed by atoms with E-state index in [-0.39, 0.29) is 16.8 Å². The van der Waals surface area contributed by atoms with Gasteiger partial charge in [0.05, 0.1) is 11.0 Å². The lowest BCUT2D eigenvalue weighted by atomic mass is 9.78. The third kappa shape index (κ3) is 2.96. The van der Waals surface area contributed by atoms with Crippen LogP contribution >= 0.6 is 0 Å². The molecule has 0 spiro atoms. The zero-order valence-electron chi connectivity index (χ0n) is 14.6. The Bertz CT molecular complexity index is 1070. The van der Waals surface area contributed by atoms with E-state index in [1.165, 1.54) is 25.4 Å². The van der Waals surface area contributed by atoms with Gasteiger partial charge in [-0.1, -0.05) is 36.2 Å². The molecule has 1 aliphatic carbocycles. The van der Waals surface area contributed by atoms with Gasteiger partial charge in [-0.2, -0.15) is 4.98 Å². The van der Waals surface area contributed by atoms with Crippen molar-refractivity contribution in [3.8, 4) is 11.5 Å². The number of nitrogens with zero attached hydrogens (tertiary/aromatic N) is 2. The predicted octanol–water partition coefficient (Wildman–Crippen LogP) is 3.24. The summed E-state index contributed by atoms with van der Waals surface area (Å²) in [6.45, 7) is 0. The first kappa shape index (κ1) is 17.9. The maximum absolute atomic E-state index is 14.5. The van der Waals surface area contributed by atoms with Crippen molar-refractivity contribution in [2.75, 3.05) is 7.05 Å². The highest BCUT2D eigenvalue weighted by molar-refractivity contribution is 7.89. The molecular weight excluding hydrogens is 373 g/mol. The van der Waals surface area contributed by atoms with Crippen molar-refractivity contribution in [3.05, 3.63) is 53.8 Å². The molecule has 1 fully saturated rings. The standard InChI is InChI=1S/C18H18FN3O4S/c1-20-27(23,24)15-10-12(11-25-15)16-21-17(22-26-16)18(8-4-5-9-18)13-6-2-3-7-14(13)19/h2-3,6-7,10-11,20H,4-5,8-9H2,1H3. The Labute approximate surface area is 155 Å². The van der Waals surface area contributed by atoms with E-state index in [1.54, 1.807) is 18.2 Å². The number of halogens is 1. The number of hydrogen-bond donors (Lipinski definition) is 1. The van der Waals surface area contributed by atoms with Gasteiger partial charge < -0.3 is 8.94 Å². The smallest absolute Gasteiger partial charge is 0.273 e. The summed E-state index contributed by atoms with van der Waals surface area (Å²) in [5.74, 6) is 0.240. The van der Waals surface area contributed by atoms with E-state index in [1.807, 2.05) is 0 Å². The lowest BCUT2D eigenvalue weighted by Gasteiger charge is -2.26. The molecule has 1 saturated carbocycles. The minimum atomic E-state index is -3.71. The molecule has 1 aliphatic rings. The molecule has 2 aromatic heterocycles. The molecule has 0 bridgehead atoms. The number of benzene rings is 1. The third-order valence-corrected chi connectivity index (χ3v) is 6.34. The van der Waals surface area contributed by atoms with Crippen LogP contribution in [0.3, 0.4) is 0 Å². The second-order valence-electron chi connectivity index (χ2n) is 6.55. The Balaban J connectivity index is 1.74. The second kappa shape index (κ2) is 6.58. The van der Waals surface area contributed by atoms with Crippen molar-refractivity contribution in [1.82, 2.24) is 14.9 Å². The van der Waals surface area contributed by atoms with Crippen molar-refractivity contribution in [3.63, 3.8) is 0 Å². The minimum absolute atomic E-state index is 0.133. The Morgan fingerprint density at radius 1 is 1.22 bits per heavy atom. The number of sulfonamides is 1. The van der Waals surface area contributed by atoms with Gasteiger partial charge in [-0.25, -0.2) is 17.5 Å². The van der Waals surface area contributed by atoms with Crippen LogP contribution in [0.2, 0.25) is 0 Å². The van der Waals surface area contributed by atoms with Crippen LogP contribution in [0.15, 0.2) is 50.6 Å². The van der Waals surface area contributed by atoms with E-state index < -0.39 is 15.4 Å². The van der Waals surface area contributed by atoms with Gasteiger partial charge in [0.2, 0.25) is 5.09 Å². The van der Waals surface area contributed by atoms with Crippen molar-refractivity contribution in [1.29, 1.82) is 0 Å². The Morgan fingerprint density at radius 3 is 2.67 bits per heavy atom. The fourth-order valence-corrected chi connectivity index (χ4v) is 4.30. The molecule has 0 amide bonds. The van der Waals surface area contributed by atoms with Crippen LogP contribution in [0, 0.1) is 5.82 Å². The topological polar surface area (TPSA) is 98.2 Å². The first-order valence-electron chi connectivity index (χ1n) is 8.58. The average molecular weight is 391 g/mol. The van der Waals surface area contributed by atoms with Crippen LogP contribution in [0.1, 0.15) is 37.1 Å². The van der Waals surface area contributed by atoms with Crippen molar-refractivity contribution in [2.45, 2.75) is 36.2 Å². The molecule has 27 heavy (non-hydrogen) atoms. The van der Waals surface area contributed by atoms with Gasteiger partial charge in [0.25, 0.3) is 15.9 Å². The van der Waals surface area contributed by atoms with E-state index in [4.69, 9.17) is 8.94 Å². The Morgan fingerprint density at radius 2 is 1.96 bits per heavy atom. The van der Waals surface area contributed by atoms with E-state index >= 15 is 0 Å². The van der Waals surface area contributed by atoms with Crippen LogP contribution in [-0.2, 0) is 15.4 Å². The van der Waals surface area contributed by atoms with Gasteiger partial charge in [-0.05, 0) is 26.0 Å². The third-order valence-electron chi connectivity index (χ3n) is 5.06. The Kier molecular flexibility index (Phi) is 4.35.